The largest absolute Gasteiger partial charge is 0.490 e. The van der Waals surface area contributed by atoms with Gasteiger partial charge >= 0.3 is 0 Å². The Morgan fingerprint density at radius 3 is 2.32 bits per heavy atom. The Morgan fingerprint density at radius 2 is 1.72 bits per heavy atom. The average Bonchev–Trinajstić information content (AvgIpc) is 2.58. The molecule has 0 aliphatic carbocycles. The number of aliphatic hydroxyl groups is 1. The van der Waals surface area contributed by atoms with Gasteiger partial charge in [-0.1, -0.05) is 26.0 Å². The van der Waals surface area contributed by atoms with Gasteiger partial charge in [-0.3, -0.25) is 9.69 Å². The van der Waals surface area contributed by atoms with Gasteiger partial charge in [0.2, 0.25) is 5.91 Å². The molecule has 1 aromatic rings. The number of rotatable bonds is 6. The number of β-amino-alcohol motifs (C(OH)–C–C–N with tert-alkyl or cyclic N) is 1. The molecule has 1 aliphatic heterocycles. The number of amides is 1. The van der Waals surface area contributed by atoms with Gasteiger partial charge in [-0.05, 0) is 37.5 Å². The number of aryl methyl sites for hydroxylation is 2. The number of nitrogens with zero attached hydrogens (tertiary/aromatic N) is 2. The highest BCUT2D eigenvalue weighted by Gasteiger charge is 2.24. The SMILES string of the molecule is Cc1ccc(C)c(OCC(O)CN2CCN(C(=O)C(C)C)CC2)c1C. The van der Waals surface area contributed by atoms with E-state index in [-0.39, 0.29) is 18.4 Å². The van der Waals surface area contributed by atoms with Crippen molar-refractivity contribution in [2.75, 3.05) is 39.3 Å². The fourth-order valence-electron chi connectivity index (χ4n) is 3.19. The van der Waals surface area contributed by atoms with E-state index in [2.05, 4.69) is 30.9 Å². The van der Waals surface area contributed by atoms with E-state index in [9.17, 15) is 9.90 Å². The lowest BCUT2D eigenvalue weighted by atomic mass is 10.1. The zero-order valence-electron chi connectivity index (χ0n) is 16.2. The van der Waals surface area contributed by atoms with Crippen LogP contribution in [0.4, 0.5) is 0 Å². The molecule has 1 atom stereocenters. The van der Waals surface area contributed by atoms with Gasteiger partial charge in [0.25, 0.3) is 0 Å². The van der Waals surface area contributed by atoms with Gasteiger partial charge in [-0.2, -0.15) is 0 Å². The van der Waals surface area contributed by atoms with Crippen LogP contribution in [0.2, 0.25) is 0 Å². The minimum absolute atomic E-state index is 0.0475. The summed E-state index contributed by atoms with van der Waals surface area (Å²) < 4.78 is 5.90. The molecule has 1 aromatic carbocycles. The minimum Gasteiger partial charge on any atom is -0.490 e. The molecule has 1 saturated heterocycles. The molecule has 0 saturated carbocycles. The maximum atomic E-state index is 12.0. The summed E-state index contributed by atoms with van der Waals surface area (Å²) in [5.41, 5.74) is 3.42. The molecular formula is C20H32N2O3. The van der Waals surface area contributed by atoms with Crippen molar-refractivity contribution in [3.05, 3.63) is 28.8 Å². The van der Waals surface area contributed by atoms with Gasteiger partial charge < -0.3 is 14.7 Å². The summed E-state index contributed by atoms with van der Waals surface area (Å²) >= 11 is 0. The predicted octanol–water partition coefficient (Wildman–Crippen LogP) is 2.15. The number of hydrogen-bond acceptors (Lipinski definition) is 4. The molecule has 1 N–H and O–H groups in total. The molecule has 0 radical (unpaired) electrons. The molecule has 2 rings (SSSR count). The lowest BCUT2D eigenvalue weighted by Gasteiger charge is -2.36. The van der Waals surface area contributed by atoms with Crippen molar-refractivity contribution in [1.82, 2.24) is 9.80 Å². The van der Waals surface area contributed by atoms with E-state index < -0.39 is 6.10 Å². The summed E-state index contributed by atoms with van der Waals surface area (Å²) in [4.78, 5) is 16.1. The molecule has 1 aliphatic rings. The van der Waals surface area contributed by atoms with Gasteiger partial charge in [0.15, 0.2) is 0 Å². The first-order chi connectivity index (χ1) is 11.8. The first-order valence-electron chi connectivity index (χ1n) is 9.18. The van der Waals surface area contributed by atoms with Crippen molar-refractivity contribution in [1.29, 1.82) is 0 Å². The highest BCUT2D eigenvalue weighted by atomic mass is 16.5. The number of carbonyl (C=O) groups excluding carboxylic acids is 1. The Kier molecular flexibility index (Phi) is 6.85. The van der Waals surface area contributed by atoms with E-state index in [4.69, 9.17) is 4.74 Å². The Labute approximate surface area is 151 Å². The number of piperazine rings is 1. The van der Waals surface area contributed by atoms with Crippen LogP contribution >= 0.6 is 0 Å². The van der Waals surface area contributed by atoms with E-state index in [0.717, 1.165) is 43.1 Å². The molecule has 1 fully saturated rings. The Hall–Kier alpha value is -1.59. The zero-order chi connectivity index (χ0) is 18.6. The van der Waals surface area contributed by atoms with Crippen LogP contribution < -0.4 is 4.74 Å². The minimum atomic E-state index is -0.535. The fraction of sp³-hybridized carbons (Fsp3) is 0.650. The van der Waals surface area contributed by atoms with Crippen molar-refractivity contribution in [3.63, 3.8) is 0 Å². The lowest BCUT2D eigenvalue weighted by molar-refractivity contribution is -0.136. The topological polar surface area (TPSA) is 53.0 Å². The summed E-state index contributed by atoms with van der Waals surface area (Å²) in [6.45, 7) is 14.0. The van der Waals surface area contributed by atoms with E-state index in [1.807, 2.05) is 25.7 Å². The highest BCUT2D eigenvalue weighted by molar-refractivity contribution is 5.78. The molecule has 25 heavy (non-hydrogen) atoms. The van der Waals surface area contributed by atoms with Crippen LogP contribution in [0.3, 0.4) is 0 Å². The quantitative estimate of drug-likeness (QED) is 0.856. The summed E-state index contributed by atoms with van der Waals surface area (Å²) in [5.74, 6) is 1.15. The summed E-state index contributed by atoms with van der Waals surface area (Å²) in [7, 11) is 0. The smallest absolute Gasteiger partial charge is 0.225 e. The molecule has 0 spiro atoms. The number of ether oxygens (including phenoxy) is 1. The Morgan fingerprint density at radius 1 is 1.12 bits per heavy atom. The Bertz CT molecular complexity index is 593. The van der Waals surface area contributed by atoms with Crippen LogP contribution in [0.15, 0.2) is 12.1 Å². The molecule has 5 heteroatoms. The standard InChI is InChI=1S/C20H32N2O3/c1-14(2)20(24)22-10-8-21(9-11-22)12-18(23)13-25-19-16(4)7-6-15(3)17(19)5/h6-7,14,18,23H,8-13H2,1-5H3. The molecule has 1 unspecified atom stereocenters. The maximum absolute atomic E-state index is 12.0. The molecule has 5 nitrogen and oxygen atoms in total. The second-order valence-corrected chi connectivity index (χ2v) is 7.40. The van der Waals surface area contributed by atoms with Gasteiger partial charge in [0.1, 0.15) is 18.5 Å². The first kappa shape index (κ1) is 19.7. The monoisotopic (exact) mass is 348 g/mol. The Balaban J connectivity index is 1.79. The number of aliphatic hydroxyl groups excluding tert-OH is 1. The van der Waals surface area contributed by atoms with Crippen LogP contribution in [0, 0.1) is 26.7 Å². The van der Waals surface area contributed by atoms with Crippen LogP contribution in [0.25, 0.3) is 0 Å². The number of hydrogen-bond donors (Lipinski definition) is 1. The van der Waals surface area contributed by atoms with Crippen LogP contribution in [0.1, 0.15) is 30.5 Å². The maximum Gasteiger partial charge on any atom is 0.225 e. The molecule has 1 heterocycles. The molecule has 0 aromatic heterocycles. The lowest BCUT2D eigenvalue weighted by Crippen LogP contribution is -2.51. The van der Waals surface area contributed by atoms with Crippen molar-refractivity contribution in [2.45, 2.75) is 40.7 Å². The van der Waals surface area contributed by atoms with Crippen molar-refractivity contribution in [2.24, 2.45) is 5.92 Å². The summed E-state index contributed by atoms with van der Waals surface area (Å²) in [5, 5.41) is 10.3. The van der Waals surface area contributed by atoms with Gasteiger partial charge in [-0.15, -0.1) is 0 Å². The number of carbonyl (C=O) groups is 1. The third-order valence-electron chi connectivity index (χ3n) is 4.94. The molecule has 0 bridgehead atoms. The van der Waals surface area contributed by atoms with Crippen molar-refractivity contribution < 1.29 is 14.6 Å². The van der Waals surface area contributed by atoms with Crippen molar-refractivity contribution >= 4 is 5.91 Å². The van der Waals surface area contributed by atoms with E-state index >= 15 is 0 Å². The van der Waals surface area contributed by atoms with Crippen LogP contribution in [0.5, 0.6) is 5.75 Å². The molecule has 1 amide bonds. The molecule has 140 valence electrons. The second-order valence-electron chi connectivity index (χ2n) is 7.40. The van der Waals surface area contributed by atoms with E-state index in [1.165, 1.54) is 5.56 Å². The first-order valence-corrected chi connectivity index (χ1v) is 9.18. The fourth-order valence-corrected chi connectivity index (χ4v) is 3.19. The van der Waals surface area contributed by atoms with Crippen LogP contribution in [-0.4, -0.2) is 66.2 Å². The number of benzene rings is 1. The van der Waals surface area contributed by atoms with E-state index in [0.29, 0.717) is 6.54 Å². The van der Waals surface area contributed by atoms with Crippen molar-refractivity contribution in [3.8, 4) is 5.75 Å². The summed E-state index contributed by atoms with van der Waals surface area (Å²) in [6, 6.07) is 4.14. The normalized spacial score (nSPS) is 17.0. The second kappa shape index (κ2) is 8.68. The third kappa shape index (κ3) is 5.19. The molecular weight excluding hydrogens is 316 g/mol. The average molecular weight is 348 g/mol. The van der Waals surface area contributed by atoms with Gasteiger partial charge in [-0.25, -0.2) is 0 Å². The third-order valence-corrected chi connectivity index (χ3v) is 4.94. The van der Waals surface area contributed by atoms with Gasteiger partial charge in [0.05, 0.1) is 0 Å². The van der Waals surface area contributed by atoms with Crippen LogP contribution in [-0.2, 0) is 4.79 Å². The summed E-state index contributed by atoms with van der Waals surface area (Å²) in [6.07, 6.45) is -0.535. The zero-order valence-corrected chi connectivity index (χ0v) is 16.2. The highest BCUT2D eigenvalue weighted by Crippen LogP contribution is 2.25. The predicted molar refractivity (Wildman–Crippen MR) is 100 cm³/mol. The van der Waals surface area contributed by atoms with E-state index in [1.54, 1.807) is 0 Å². The van der Waals surface area contributed by atoms with Gasteiger partial charge in [0, 0.05) is 38.6 Å².